The molecule has 0 bridgehead atoms. The molecule has 3 rings (SSSR count). The summed E-state index contributed by atoms with van der Waals surface area (Å²) >= 11 is 0. The molecule has 0 aromatic carbocycles. The Hall–Kier alpha value is -1.47. The van der Waals surface area contributed by atoms with Crippen molar-refractivity contribution in [2.45, 2.75) is 362 Å². The molecule has 12 N–H and O–H groups in total. The second kappa shape index (κ2) is 47.5. The van der Waals surface area contributed by atoms with E-state index in [1.807, 2.05) is 0 Å². The fourth-order valence-electron chi connectivity index (χ4n) is 11.6. The molecule has 0 aliphatic carbocycles. The minimum atomic E-state index is -1.97. The van der Waals surface area contributed by atoms with Gasteiger partial charge in [-0.1, -0.05) is 225 Å². The van der Waals surface area contributed by atoms with E-state index in [2.05, 4.69) is 31.3 Å². The zero-order valence-electron chi connectivity index (χ0n) is 51.4. The number of unbranched alkanes of at least 4 members (excludes halogenated alkanes) is 33. The molecule has 0 radical (unpaired) electrons. The lowest BCUT2D eigenvalue weighted by Crippen LogP contribution is -2.66. The molecule has 3 saturated heterocycles. The molecule has 1 amide bonds. The first-order valence-corrected chi connectivity index (χ1v) is 33.4. The highest BCUT2D eigenvalue weighted by Gasteiger charge is 2.53. The molecule has 3 aliphatic heterocycles. The third-order valence-electron chi connectivity index (χ3n) is 17.1. The number of hydrogen-bond acceptors (Lipinski definition) is 18. The van der Waals surface area contributed by atoms with Crippen LogP contribution in [0.1, 0.15) is 258 Å². The predicted molar refractivity (Wildman–Crippen MR) is 319 cm³/mol. The molecule has 3 heterocycles. The number of nitrogens with one attached hydrogen (secondary N) is 1. The maximum Gasteiger partial charge on any atom is 0.220 e. The van der Waals surface area contributed by atoms with Gasteiger partial charge >= 0.3 is 0 Å². The largest absolute Gasteiger partial charge is 0.394 e. The smallest absolute Gasteiger partial charge is 0.220 e. The van der Waals surface area contributed by atoms with Crippen LogP contribution in [0.4, 0.5) is 0 Å². The highest BCUT2D eigenvalue weighted by Crippen LogP contribution is 2.33. The lowest BCUT2D eigenvalue weighted by atomic mass is 9.96. The second-order valence-corrected chi connectivity index (χ2v) is 24.3. The molecule has 3 aliphatic rings. The van der Waals surface area contributed by atoms with Crippen molar-refractivity contribution < 1.29 is 89.4 Å². The third kappa shape index (κ3) is 30.5. The zero-order chi connectivity index (χ0) is 60.5. The SMILES string of the molecule is CCCCCCCCC/C=C\CCCCCCCCCC(=O)NC(COC1OC(CO)C(OC2OC(CO)C(OC3OC(CO)C(O)C(O)C3O)C(O)C2O)C(O)C1O)C(O)CCCCCCCCCCCCCCCCCCCCCC. The minimum absolute atomic E-state index is 0.244. The van der Waals surface area contributed by atoms with Gasteiger partial charge in [0, 0.05) is 6.42 Å². The molecular weight excluding hydrogens is 1070 g/mol. The summed E-state index contributed by atoms with van der Waals surface area (Å²) in [6.07, 6.45) is 22.8. The summed E-state index contributed by atoms with van der Waals surface area (Å²) < 4.78 is 34.4. The summed E-state index contributed by atoms with van der Waals surface area (Å²) in [5.41, 5.74) is 0. The normalized spacial score (nSPS) is 29.4. The number of carbonyl (C=O) groups excluding carboxylic acids is 1. The van der Waals surface area contributed by atoms with E-state index in [1.165, 1.54) is 167 Å². The van der Waals surface area contributed by atoms with Gasteiger partial charge in [-0.05, 0) is 38.5 Å². The van der Waals surface area contributed by atoms with E-state index in [1.54, 1.807) is 0 Å². The molecule has 0 saturated carbocycles. The van der Waals surface area contributed by atoms with Crippen LogP contribution in [0.25, 0.3) is 0 Å². The van der Waals surface area contributed by atoms with Crippen molar-refractivity contribution in [1.82, 2.24) is 5.32 Å². The summed E-state index contributed by atoms with van der Waals surface area (Å²) in [7, 11) is 0. The Balaban J connectivity index is 1.46. The standard InChI is InChI=1S/C64H121NO18/c1-3-5-7-9-11-13-15-17-19-21-23-24-25-27-29-31-33-35-37-39-41-48(69)47(65-52(70)42-40-38-36-34-32-30-28-26-22-20-18-16-14-12-10-8-6-4-2)46-78-62-58(76)55(73)60(50(44-67)80-62)83-64-59(77)56(74)61(51(45-68)81-64)82-63-57(75)54(72)53(71)49(43-66)79-63/h20,22,47-51,53-64,66-69,71-77H,3-19,21,23-46H2,1-2H3,(H,65,70)/b22-20-. The molecule has 19 heteroatoms. The van der Waals surface area contributed by atoms with Crippen LogP contribution in [0.5, 0.6) is 0 Å². The number of ether oxygens (including phenoxy) is 6. The maximum atomic E-state index is 13.4. The molecule has 0 spiro atoms. The van der Waals surface area contributed by atoms with E-state index in [4.69, 9.17) is 28.4 Å². The van der Waals surface area contributed by atoms with Crippen LogP contribution in [0.2, 0.25) is 0 Å². The average Bonchev–Trinajstić information content (AvgIpc) is 3.35. The van der Waals surface area contributed by atoms with Gasteiger partial charge in [-0.3, -0.25) is 4.79 Å². The van der Waals surface area contributed by atoms with Gasteiger partial charge in [-0.2, -0.15) is 0 Å². The number of rotatable bonds is 51. The minimum Gasteiger partial charge on any atom is -0.394 e. The Morgan fingerprint density at radius 3 is 1.17 bits per heavy atom. The Morgan fingerprint density at radius 2 is 0.759 bits per heavy atom. The average molecular weight is 1190 g/mol. The van der Waals surface area contributed by atoms with Crippen molar-refractivity contribution in [1.29, 1.82) is 0 Å². The number of hydrogen-bond donors (Lipinski definition) is 12. The number of aliphatic hydroxyl groups excluding tert-OH is 11. The molecule has 490 valence electrons. The fourth-order valence-corrected chi connectivity index (χ4v) is 11.6. The van der Waals surface area contributed by atoms with Gasteiger partial charge in [0.2, 0.25) is 5.91 Å². The van der Waals surface area contributed by atoms with Gasteiger partial charge in [0.15, 0.2) is 18.9 Å². The van der Waals surface area contributed by atoms with Crippen molar-refractivity contribution in [3.63, 3.8) is 0 Å². The van der Waals surface area contributed by atoms with Crippen LogP contribution in [-0.2, 0) is 33.2 Å². The van der Waals surface area contributed by atoms with Gasteiger partial charge < -0.3 is 89.9 Å². The topological polar surface area (TPSA) is 307 Å². The first-order valence-electron chi connectivity index (χ1n) is 33.4. The highest BCUT2D eigenvalue weighted by molar-refractivity contribution is 5.76. The molecule has 17 unspecified atom stereocenters. The summed E-state index contributed by atoms with van der Waals surface area (Å²) in [6, 6.07) is -0.886. The van der Waals surface area contributed by atoms with E-state index in [-0.39, 0.29) is 18.9 Å². The van der Waals surface area contributed by atoms with E-state index in [9.17, 15) is 61.0 Å². The quantitative estimate of drug-likeness (QED) is 0.0205. The molecular formula is C64H121NO18. The maximum absolute atomic E-state index is 13.4. The highest BCUT2D eigenvalue weighted by atomic mass is 16.8. The van der Waals surface area contributed by atoms with Gasteiger partial charge in [0.05, 0.1) is 38.6 Å². The van der Waals surface area contributed by atoms with E-state index >= 15 is 0 Å². The lowest BCUT2D eigenvalue weighted by molar-refractivity contribution is -0.379. The molecule has 19 nitrogen and oxygen atoms in total. The van der Waals surface area contributed by atoms with E-state index < -0.39 is 124 Å². The van der Waals surface area contributed by atoms with E-state index in [0.29, 0.717) is 12.8 Å². The van der Waals surface area contributed by atoms with Crippen LogP contribution in [0.15, 0.2) is 12.2 Å². The van der Waals surface area contributed by atoms with Crippen LogP contribution in [-0.4, -0.2) is 193 Å². The summed E-state index contributed by atoms with van der Waals surface area (Å²) in [6.45, 7) is 1.82. The molecule has 0 aromatic rings. The molecule has 83 heavy (non-hydrogen) atoms. The monoisotopic (exact) mass is 1190 g/mol. The third-order valence-corrected chi connectivity index (χ3v) is 17.1. The summed E-state index contributed by atoms with van der Waals surface area (Å²) in [4.78, 5) is 13.4. The van der Waals surface area contributed by atoms with Crippen molar-refractivity contribution in [2.75, 3.05) is 26.4 Å². The van der Waals surface area contributed by atoms with Crippen molar-refractivity contribution in [3.8, 4) is 0 Å². The van der Waals surface area contributed by atoms with Crippen LogP contribution >= 0.6 is 0 Å². The molecule has 0 aromatic heterocycles. The predicted octanol–water partition coefficient (Wildman–Crippen LogP) is 7.72. The van der Waals surface area contributed by atoms with Crippen molar-refractivity contribution >= 4 is 5.91 Å². The van der Waals surface area contributed by atoms with E-state index in [0.717, 1.165) is 57.8 Å². The first-order chi connectivity index (χ1) is 40.3. The number of allylic oxidation sites excluding steroid dienone is 2. The van der Waals surface area contributed by atoms with Gasteiger partial charge in [0.25, 0.3) is 0 Å². The Labute approximate surface area is 499 Å². The number of aliphatic hydroxyl groups is 11. The fraction of sp³-hybridized carbons (Fsp3) is 0.953. The number of carbonyl (C=O) groups is 1. The van der Waals surface area contributed by atoms with Gasteiger partial charge in [-0.25, -0.2) is 0 Å². The Morgan fingerprint density at radius 1 is 0.422 bits per heavy atom. The zero-order valence-corrected chi connectivity index (χ0v) is 51.4. The Kier molecular flexibility index (Phi) is 43.4. The molecule has 17 atom stereocenters. The van der Waals surface area contributed by atoms with Crippen molar-refractivity contribution in [2.24, 2.45) is 0 Å². The second-order valence-electron chi connectivity index (χ2n) is 24.3. The summed E-state index contributed by atoms with van der Waals surface area (Å²) in [5.74, 6) is -0.244. The van der Waals surface area contributed by atoms with Gasteiger partial charge in [-0.15, -0.1) is 0 Å². The van der Waals surface area contributed by atoms with Crippen molar-refractivity contribution in [3.05, 3.63) is 12.2 Å². The lowest BCUT2D eigenvalue weighted by Gasteiger charge is -2.48. The summed E-state index contributed by atoms with van der Waals surface area (Å²) in [5, 5.41) is 121. The first kappa shape index (κ1) is 75.8. The number of amides is 1. The molecule has 3 fully saturated rings. The van der Waals surface area contributed by atoms with Gasteiger partial charge in [0.1, 0.15) is 73.2 Å². The van der Waals surface area contributed by atoms with Crippen LogP contribution < -0.4 is 5.32 Å². The van der Waals surface area contributed by atoms with Crippen LogP contribution in [0, 0.1) is 0 Å². The van der Waals surface area contributed by atoms with Crippen LogP contribution in [0.3, 0.4) is 0 Å². The Bertz CT molecular complexity index is 1560.